The number of ether oxygens (including phenoxy) is 1. The van der Waals surface area contributed by atoms with Crippen molar-refractivity contribution >= 4 is 35.2 Å². The van der Waals surface area contributed by atoms with E-state index in [0.29, 0.717) is 17.5 Å². The number of aromatic nitrogens is 1. The number of rotatable bonds is 10. The van der Waals surface area contributed by atoms with Crippen molar-refractivity contribution in [2.24, 2.45) is 5.41 Å². The third-order valence-corrected chi connectivity index (χ3v) is 8.01. The number of pyridine rings is 1. The van der Waals surface area contributed by atoms with E-state index in [9.17, 15) is 18.0 Å². The van der Waals surface area contributed by atoms with E-state index < -0.39 is 25.9 Å². The number of aliphatic hydroxyl groups is 1. The molecule has 0 unspecified atom stereocenters. The maximum absolute atomic E-state index is 13.4. The molecule has 2 aliphatic heterocycles. The molecular weight excluding hydrogens is 507 g/mol. The Hall–Kier alpha value is -2.70. The Bertz CT molecular complexity index is 1130. The predicted molar refractivity (Wildman–Crippen MR) is 136 cm³/mol. The van der Waals surface area contributed by atoms with E-state index in [1.165, 1.54) is 41.8 Å². The molecule has 0 bridgehead atoms. The van der Waals surface area contributed by atoms with Gasteiger partial charge in [0, 0.05) is 24.5 Å². The largest absolute Gasteiger partial charge is 0.459 e. The van der Waals surface area contributed by atoms with Gasteiger partial charge in [-0.1, -0.05) is 0 Å². The highest BCUT2D eigenvalue weighted by Gasteiger charge is 2.46. The summed E-state index contributed by atoms with van der Waals surface area (Å²) in [5.74, 6) is -2.97. The van der Waals surface area contributed by atoms with Gasteiger partial charge in [-0.3, -0.25) is 9.52 Å². The third-order valence-electron chi connectivity index (χ3n) is 7.17. The minimum Gasteiger partial charge on any atom is -0.459 e. The van der Waals surface area contributed by atoms with Crippen LogP contribution >= 0.6 is 11.9 Å². The smallest absolute Gasteiger partial charge is 0.282 e. The number of anilines is 3. The number of nitrogens with one attached hydrogen (secondary N) is 2. The van der Waals surface area contributed by atoms with E-state index in [1.807, 2.05) is 12.1 Å². The molecule has 8 nitrogen and oxygen atoms in total. The lowest BCUT2D eigenvalue weighted by molar-refractivity contribution is -0.0270. The molecule has 37 heavy (non-hydrogen) atoms. The summed E-state index contributed by atoms with van der Waals surface area (Å²) in [5, 5.41) is 11.8. The number of halogens is 3. The number of hydrogen-bond donors (Lipinski definition) is 3. The molecule has 5 rings (SSSR count). The number of carbonyl (C=O) groups is 1. The van der Waals surface area contributed by atoms with Crippen molar-refractivity contribution < 1.29 is 27.8 Å². The molecule has 3 fully saturated rings. The second kappa shape index (κ2) is 10.6. The van der Waals surface area contributed by atoms with Gasteiger partial charge in [0.25, 0.3) is 11.8 Å². The maximum atomic E-state index is 13.4. The molecule has 2 saturated heterocycles. The maximum Gasteiger partial charge on any atom is 0.282 e. The quantitative estimate of drug-likeness (QED) is 0.309. The Balaban J connectivity index is 1.37. The second-order valence-corrected chi connectivity index (χ2v) is 10.8. The van der Waals surface area contributed by atoms with E-state index in [4.69, 9.17) is 9.84 Å². The van der Waals surface area contributed by atoms with Gasteiger partial charge in [-0.05, 0) is 73.4 Å². The fourth-order valence-corrected chi connectivity index (χ4v) is 5.52. The van der Waals surface area contributed by atoms with Gasteiger partial charge in [-0.2, -0.15) is 0 Å². The Labute approximate surface area is 217 Å². The summed E-state index contributed by atoms with van der Waals surface area (Å²) in [6, 6.07) is 8.44. The van der Waals surface area contributed by atoms with Crippen molar-refractivity contribution in [3.05, 3.63) is 35.9 Å². The highest BCUT2D eigenvalue weighted by molar-refractivity contribution is 7.97. The van der Waals surface area contributed by atoms with Gasteiger partial charge in [0.1, 0.15) is 5.82 Å². The van der Waals surface area contributed by atoms with E-state index in [2.05, 4.69) is 19.9 Å². The summed E-state index contributed by atoms with van der Waals surface area (Å²) in [6.45, 7) is -0.0449. The molecule has 0 radical (unpaired) electrons. The summed E-state index contributed by atoms with van der Waals surface area (Å²) < 4.78 is 47.7. The summed E-state index contributed by atoms with van der Waals surface area (Å²) >= 11 is 1.39. The van der Waals surface area contributed by atoms with Crippen molar-refractivity contribution in [1.82, 2.24) is 9.71 Å². The van der Waals surface area contributed by atoms with Gasteiger partial charge in [0.05, 0.1) is 30.9 Å². The highest BCUT2D eigenvalue weighted by Crippen LogP contribution is 2.54. The average Bonchev–Trinajstić information content (AvgIpc) is 3.62. The standard InChI is InChI=1S/C25H30F3N5O3S/c26-16-36-20-3-4-21(30-22(20)33-14-25(27,28)15-33)31-23(35)18-2-1-17(37-29-9-12-34)13-19(18)32-10-7-24(5-6-24)8-11-32/h1-4,13,29,34H,5-12,14-16H2,(H,30,31,35). The zero-order valence-corrected chi connectivity index (χ0v) is 21.1. The monoisotopic (exact) mass is 537 g/mol. The molecule has 3 heterocycles. The lowest BCUT2D eigenvalue weighted by Gasteiger charge is -2.40. The van der Waals surface area contributed by atoms with Gasteiger partial charge in [0.2, 0.25) is 6.86 Å². The van der Waals surface area contributed by atoms with Crippen LogP contribution in [-0.4, -0.2) is 68.1 Å². The molecule has 12 heteroatoms. The number of alkyl halides is 3. The summed E-state index contributed by atoms with van der Waals surface area (Å²) in [4.78, 5) is 22.1. The van der Waals surface area contributed by atoms with Gasteiger partial charge in [-0.15, -0.1) is 0 Å². The van der Waals surface area contributed by atoms with Crippen LogP contribution in [0.5, 0.6) is 5.75 Å². The number of piperidine rings is 1. The molecule has 1 saturated carbocycles. The van der Waals surface area contributed by atoms with Crippen molar-refractivity contribution in [2.45, 2.75) is 36.5 Å². The van der Waals surface area contributed by atoms with Crippen molar-refractivity contribution in [3.63, 3.8) is 0 Å². The number of hydrogen-bond acceptors (Lipinski definition) is 8. The number of benzene rings is 1. The van der Waals surface area contributed by atoms with Crippen LogP contribution in [0.25, 0.3) is 0 Å². The topological polar surface area (TPSA) is 90.0 Å². The summed E-state index contributed by atoms with van der Waals surface area (Å²) in [7, 11) is 0. The molecular formula is C25H30F3N5O3S. The number of aliphatic hydroxyl groups excluding tert-OH is 1. The highest BCUT2D eigenvalue weighted by atomic mass is 32.2. The van der Waals surface area contributed by atoms with Crippen LogP contribution < -0.4 is 24.6 Å². The van der Waals surface area contributed by atoms with E-state index >= 15 is 0 Å². The zero-order valence-electron chi connectivity index (χ0n) is 20.3. The Morgan fingerprint density at radius 2 is 1.86 bits per heavy atom. The van der Waals surface area contributed by atoms with Crippen molar-refractivity contribution in [3.8, 4) is 5.75 Å². The minimum atomic E-state index is -2.85. The van der Waals surface area contributed by atoms with E-state index in [0.717, 1.165) is 36.5 Å². The van der Waals surface area contributed by atoms with Crippen LogP contribution in [0, 0.1) is 5.41 Å². The fraction of sp³-hybridized carbons (Fsp3) is 0.520. The first kappa shape index (κ1) is 25.9. The zero-order chi connectivity index (χ0) is 26.0. The fourth-order valence-electron chi connectivity index (χ4n) is 4.86. The molecule has 1 spiro atoms. The number of carbonyl (C=O) groups excluding carboxylic acids is 1. The minimum absolute atomic E-state index is 0.0216. The third kappa shape index (κ3) is 5.91. The Morgan fingerprint density at radius 1 is 1.11 bits per heavy atom. The molecule has 0 atom stereocenters. The van der Waals surface area contributed by atoms with Crippen LogP contribution in [0.1, 0.15) is 36.0 Å². The molecule has 3 aliphatic rings. The lowest BCUT2D eigenvalue weighted by Crippen LogP contribution is -2.56. The first-order valence-electron chi connectivity index (χ1n) is 12.3. The average molecular weight is 538 g/mol. The van der Waals surface area contributed by atoms with Crippen LogP contribution in [0.2, 0.25) is 0 Å². The van der Waals surface area contributed by atoms with Gasteiger partial charge in [-0.25, -0.2) is 18.2 Å². The Morgan fingerprint density at radius 3 is 2.51 bits per heavy atom. The molecule has 1 aromatic heterocycles. The molecule has 200 valence electrons. The van der Waals surface area contributed by atoms with Gasteiger partial charge < -0.3 is 25.0 Å². The van der Waals surface area contributed by atoms with E-state index in [1.54, 1.807) is 6.07 Å². The van der Waals surface area contributed by atoms with Gasteiger partial charge >= 0.3 is 0 Å². The first-order valence-corrected chi connectivity index (χ1v) is 13.2. The van der Waals surface area contributed by atoms with Crippen LogP contribution in [0.4, 0.5) is 30.5 Å². The molecule has 1 amide bonds. The summed E-state index contributed by atoms with van der Waals surface area (Å²) in [5.41, 5.74) is 1.76. The normalized spacial score (nSPS) is 19.5. The number of amides is 1. The molecule has 1 aromatic carbocycles. The molecule has 1 aliphatic carbocycles. The molecule has 3 N–H and O–H groups in total. The number of nitrogens with zero attached hydrogens (tertiary/aromatic N) is 3. The van der Waals surface area contributed by atoms with Crippen LogP contribution in [0.15, 0.2) is 35.2 Å². The SMILES string of the molecule is O=C(Nc1ccc(OCF)c(N2CC(F)(F)C2)n1)c1ccc(SNCCO)cc1N1CCC2(CC1)CC2. The van der Waals surface area contributed by atoms with Gasteiger partial charge in [0.15, 0.2) is 11.6 Å². The second-order valence-electron chi connectivity index (χ2n) is 9.82. The molecule has 2 aromatic rings. The summed E-state index contributed by atoms with van der Waals surface area (Å²) in [6.07, 6.45) is 4.73. The van der Waals surface area contributed by atoms with Crippen LogP contribution in [0.3, 0.4) is 0 Å². The Kier molecular flexibility index (Phi) is 7.42. The predicted octanol–water partition coefficient (Wildman–Crippen LogP) is 4.06. The van der Waals surface area contributed by atoms with E-state index in [-0.39, 0.29) is 29.9 Å². The first-order chi connectivity index (χ1) is 17.8. The van der Waals surface area contributed by atoms with Crippen molar-refractivity contribution in [1.29, 1.82) is 0 Å². The lowest BCUT2D eigenvalue weighted by atomic mass is 9.93. The van der Waals surface area contributed by atoms with Crippen molar-refractivity contribution in [2.75, 3.05) is 61.3 Å². The van der Waals surface area contributed by atoms with Crippen LogP contribution in [-0.2, 0) is 0 Å².